The van der Waals surface area contributed by atoms with Crippen molar-refractivity contribution >= 4 is 0 Å². The van der Waals surface area contributed by atoms with Crippen molar-refractivity contribution in [3.8, 4) is 0 Å². The van der Waals surface area contributed by atoms with E-state index < -0.39 is 10.2 Å². The molecule has 0 aliphatic rings. The number of nitrogens with zero attached hydrogens (tertiary/aromatic N) is 2. The molecule has 0 saturated heterocycles. The molecular weight excluding hydrogens is 377 g/mol. The Morgan fingerprint density at radius 2 is 0.692 bits per heavy atom. The van der Waals surface area contributed by atoms with E-state index in [2.05, 4.69) is 0 Å². The van der Waals surface area contributed by atoms with Crippen LogP contribution in [-0.4, -0.2) is 15.6 Å². The van der Waals surface area contributed by atoms with Crippen molar-refractivity contribution in [2.75, 3.05) is 0 Å². The van der Waals surface area contributed by atoms with Gasteiger partial charge >= 0.3 is 21.1 Å². The van der Waals surface area contributed by atoms with Crippen LogP contribution in [0, 0.1) is 30.6 Å². The first-order valence-electron chi connectivity index (χ1n) is 1.10. The largest absolute Gasteiger partial charge is 2.00 e. The van der Waals surface area contributed by atoms with Crippen LogP contribution < -0.4 is 18.5 Å². The minimum Gasteiger partial charge on any atom is -0.412 e. The molecule has 0 amide bonds. The van der Waals surface area contributed by atoms with Crippen molar-refractivity contribution in [3.05, 3.63) is 30.6 Å². The van der Waals surface area contributed by atoms with Crippen molar-refractivity contribution in [1.29, 1.82) is 0 Å². The maximum Gasteiger partial charge on any atom is 2.00 e. The topological polar surface area (TPSA) is 269 Å². The SMILES string of the molecule is N.N.N.O.O=[N+]([O-])[O-].O=[N+]([O-])[O-].[Pt+2]. The van der Waals surface area contributed by atoms with Gasteiger partial charge in [0.05, 0.1) is 10.2 Å². The molecule has 0 spiro atoms. The molecule has 13 heavy (non-hydrogen) atoms. The van der Waals surface area contributed by atoms with E-state index in [0.29, 0.717) is 0 Å². The minimum absolute atomic E-state index is 0. The molecule has 88 valence electrons. The quantitative estimate of drug-likeness (QED) is 0.345. The van der Waals surface area contributed by atoms with Gasteiger partial charge in [0, 0.05) is 0 Å². The van der Waals surface area contributed by atoms with Gasteiger partial charge in [0.1, 0.15) is 0 Å². The van der Waals surface area contributed by atoms with Crippen molar-refractivity contribution in [3.63, 3.8) is 0 Å². The third-order valence-electron chi connectivity index (χ3n) is 0. The molecule has 0 saturated carbocycles. The number of hydrogen-bond acceptors (Lipinski definition) is 9. The Bertz CT molecular complexity index is 74.9. The molecule has 0 aliphatic carbocycles. The predicted molar refractivity (Wildman–Crippen MR) is 39.4 cm³/mol. The average molecular weight is 388 g/mol. The van der Waals surface area contributed by atoms with Gasteiger partial charge in [-0.15, -0.1) is 0 Å². The van der Waals surface area contributed by atoms with Crippen LogP contribution in [0.25, 0.3) is 0 Å². The number of rotatable bonds is 0. The summed E-state index contributed by atoms with van der Waals surface area (Å²) in [5.41, 5.74) is 0. The van der Waals surface area contributed by atoms with Crippen LogP contribution in [0.15, 0.2) is 0 Å². The predicted octanol–water partition coefficient (Wildman–Crippen LogP) is -0.819. The Kier molecular flexibility index (Phi) is 200. The summed E-state index contributed by atoms with van der Waals surface area (Å²) in [4.78, 5) is 16.5. The van der Waals surface area contributed by atoms with Crippen LogP contribution in [0.2, 0.25) is 0 Å². The van der Waals surface area contributed by atoms with E-state index >= 15 is 0 Å². The fourth-order valence-electron chi connectivity index (χ4n) is 0. The molecular formula is H11N5O7Pt. The Morgan fingerprint density at radius 3 is 0.692 bits per heavy atom. The molecule has 0 atom stereocenters. The maximum atomic E-state index is 8.25. The minimum atomic E-state index is -1.75. The van der Waals surface area contributed by atoms with Gasteiger partial charge in [-0.3, -0.25) is 0 Å². The molecule has 0 aromatic carbocycles. The maximum absolute atomic E-state index is 8.25. The zero-order chi connectivity index (χ0) is 7.15. The first kappa shape index (κ1) is 58.7. The summed E-state index contributed by atoms with van der Waals surface area (Å²) in [6, 6.07) is 0. The monoisotopic (exact) mass is 388 g/mol. The van der Waals surface area contributed by atoms with Gasteiger partial charge < -0.3 is 54.6 Å². The van der Waals surface area contributed by atoms with Crippen LogP contribution >= 0.6 is 0 Å². The standard InChI is InChI=1S/2NO3.3H3N.H2O.Pt/c2*2-1(3)4;;;;;/h;;3*1H3;1H2;/q2*-1;;;;;+2. The summed E-state index contributed by atoms with van der Waals surface area (Å²) in [6.45, 7) is 0. The molecule has 12 nitrogen and oxygen atoms in total. The Labute approximate surface area is 86.5 Å². The third kappa shape index (κ3) is 758. The molecule has 0 aromatic heterocycles. The Balaban J connectivity index is -0.00000000800. The van der Waals surface area contributed by atoms with Gasteiger partial charge in [-0.05, 0) is 0 Å². The molecule has 0 heterocycles. The van der Waals surface area contributed by atoms with E-state index in [9.17, 15) is 0 Å². The normalized spacial score (nSPS) is 3.69. The first-order valence-corrected chi connectivity index (χ1v) is 1.10. The summed E-state index contributed by atoms with van der Waals surface area (Å²) in [7, 11) is 0. The van der Waals surface area contributed by atoms with Crippen LogP contribution in [0.5, 0.6) is 0 Å². The fraction of sp³-hybridized carbons (Fsp3) is 0. The van der Waals surface area contributed by atoms with Crippen molar-refractivity contribution < 1.29 is 36.7 Å². The van der Waals surface area contributed by atoms with Crippen molar-refractivity contribution in [2.45, 2.75) is 0 Å². The van der Waals surface area contributed by atoms with Gasteiger partial charge in [0.15, 0.2) is 0 Å². The van der Waals surface area contributed by atoms with E-state index in [1.807, 2.05) is 0 Å². The zero-order valence-corrected chi connectivity index (χ0v) is 8.55. The number of hydrogen-bond donors (Lipinski definition) is 3. The van der Waals surface area contributed by atoms with Gasteiger partial charge in [0.2, 0.25) is 0 Å². The molecule has 0 rings (SSSR count). The summed E-state index contributed by atoms with van der Waals surface area (Å²) < 4.78 is 0. The summed E-state index contributed by atoms with van der Waals surface area (Å²) >= 11 is 0. The van der Waals surface area contributed by atoms with Gasteiger partial charge in [-0.2, -0.15) is 0 Å². The molecule has 0 fully saturated rings. The summed E-state index contributed by atoms with van der Waals surface area (Å²) in [5, 5.41) is 29.5. The molecule has 0 bridgehead atoms. The van der Waals surface area contributed by atoms with Crippen LogP contribution in [-0.2, 0) is 21.1 Å². The van der Waals surface area contributed by atoms with Crippen LogP contribution in [0.4, 0.5) is 0 Å². The van der Waals surface area contributed by atoms with E-state index in [4.69, 9.17) is 30.6 Å². The first-order chi connectivity index (χ1) is 3.46. The van der Waals surface area contributed by atoms with Crippen molar-refractivity contribution in [1.82, 2.24) is 18.5 Å². The Morgan fingerprint density at radius 1 is 0.692 bits per heavy atom. The second kappa shape index (κ2) is 44.4. The molecule has 11 N–H and O–H groups in total. The molecule has 13 heteroatoms. The molecule has 0 unspecified atom stereocenters. The smallest absolute Gasteiger partial charge is 0.412 e. The second-order valence-electron chi connectivity index (χ2n) is 0.447. The summed E-state index contributed by atoms with van der Waals surface area (Å²) in [6.07, 6.45) is 0. The average Bonchev–Trinajstić information content (AvgIpc) is 1.25. The zero-order valence-electron chi connectivity index (χ0n) is 6.28. The van der Waals surface area contributed by atoms with Gasteiger partial charge in [0.25, 0.3) is 0 Å². The van der Waals surface area contributed by atoms with E-state index in [1.54, 1.807) is 0 Å². The van der Waals surface area contributed by atoms with Gasteiger partial charge in [-0.1, -0.05) is 0 Å². The van der Waals surface area contributed by atoms with Gasteiger partial charge in [-0.25, -0.2) is 0 Å². The van der Waals surface area contributed by atoms with E-state index in [-0.39, 0.29) is 45.0 Å². The summed E-state index contributed by atoms with van der Waals surface area (Å²) in [5.74, 6) is 0. The van der Waals surface area contributed by atoms with Crippen LogP contribution in [0.3, 0.4) is 0 Å². The second-order valence-corrected chi connectivity index (χ2v) is 0.447. The fourth-order valence-corrected chi connectivity index (χ4v) is 0. The van der Waals surface area contributed by atoms with Crippen molar-refractivity contribution in [2.24, 2.45) is 0 Å². The van der Waals surface area contributed by atoms with E-state index in [0.717, 1.165) is 0 Å². The molecule has 0 radical (unpaired) electrons. The Hall–Kier alpha value is -1.07. The third-order valence-corrected chi connectivity index (χ3v) is 0. The van der Waals surface area contributed by atoms with E-state index in [1.165, 1.54) is 0 Å². The molecule has 0 aliphatic heterocycles. The van der Waals surface area contributed by atoms with Crippen LogP contribution in [0.1, 0.15) is 0 Å². The molecule has 0 aromatic rings.